The molecule has 1 aliphatic rings. The molecule has 4 rings (SSSR count). The smallest absolute Gasteiger partial charge is 0.0831 e. The third-order valence-corrected chi connectivity index (χ3v) is 5.25. The molecule has 0 bridgehead atoms. The van der Waals surface area contributed by atoms with E-state index in [1.54, 1.807) is 0 Å². The van der Waals surface area contributed by atoms with E-state index in [0.717, 1.165) is 18.0 Å². The van der Waals surface area contributed by atoms with Crippen molar-refractivity contribution in [2.24, 2.45) is 0 Å². The summed E-state index contributed by atoms with van der Waals surface area (Å²) in [7, 11) is 0. The van der Waals surface area contributed by atoms with Crippen molar-refractivity contribution in [3.63, 3.8) is 0 Å². The second-order valence-corrected chi connectivity index (χ2v) is 7.86. The molecule has 3 aromatic rings. The van der Waals surface area contributed by atoms with Crippen molar-refractivity contribution in [3.05, 3.63) is 71.6 Å². The summed E-state index contributed by atoms with van der Waals surface area (Å²) in [6.45, 7) is 6.63. The van der Waals surface area contributed by atoms with Gasteiger partial charge in [-0.2, -0.15) is 5.10 Å². The van der Waals surface area contributed by atoms with E-state index < -0.39 is 0 Å². The Labute approximate surface area is 155 Å². The van der Waals surface area contributed by atoms with Gasteiger partial charge in [0, 0.05) is 24.8 Å². The van der Waals surface area contributed by atoms with Gasteiger partial charge >= 0.3 is 0 Å². The first-order chi connectivity index (χ1) is 12.6. The first-order valence-corrected chi connectivity index (χ1v) is 9.54. The average Bonchev–Trinajstić information content (AvgIpc) is 3.41. The highest BCUT2D eigenvalue weighted by molar-refractivity contribution is 5.34. The van der Waals surface area contributed by atoms with Crippen LogP contribution in [0.25, 0.3) is 5.69 Å². The van der Waals surface area contributed by atoms with Gasteiger partial charge in [0.2, 0.25) is 0 Å². The molecule has 1 saturated carbocycles. The quantitative estimate of drug-likeness (QED) is 0.630. The minimum Gasteiger partial charge on any atom is -0.264 e. The molecule has 0 radical (unpaired) electrons. The average molecular weight is 346 g/mol. The maximum Gasteiger partial charge on any atom is 0.0831 e. The Balaban J connectivity index is 1.49. The first kappa shape index (κ1) is 17.0. The van der Waals surface area contributed by atoms with Gasteiger partial charge in [-0.3, -0.25) is 9.97 Å². The molecule has 4 heteroatoms. The minimum absolute atomic E-state index is 0.430. The topological polar surface area (TPSA) is 43.6 Å². The molecule has 0 amide bonds. The fraction of sp³-hybridized carbons (Fsp3) is 0.409. The molecule has 4 nitrogen and oxygen atoms in total. The van der Waals surface area contributed by atoms with Gasteiger partial charge in [0.15, 0.2) is 0 Å². The third kappa shape index (κ3) is 3.69. The fourth-order valence-corrected chi connectivity index (χ4v) is 3.35. The van der Waals surface area contributed by atoms with E-state index in [-0.39, 0.29) is 0 Å². The lowest BCUT2D eigenvalue weighted by Gasteiger charge is -2.11. The van der Waals surface area contributed by atoms with Crippen molar-refractivity contribution < 1.29 is 0 Å². The summed E-state index contributed by atoms with van der Waals surface area (Å²) in [5.74, 6) is 1.64. The van der Waals surface area contributed by atoms with Gasteiger partial charge < -0.3 is 0 Å². The van der Waals surface area contributed by atoms with Crippen LogP contribution in [0.1, 0.15) is 73.6 Å². The van der Waals surface area contributed by atoms with Gasteiger partial charge in [0.05, 0.1) is 18.1 Å². The van der Waals surface area contributed by atoms with Crippen LogP contribution in [0.4, 0.5) is 0 Å². The van der Waals surface area contributed by atoms with Crippen LogP contribution in [0.15, 0.2) is 49.3 Å². The Morgan fingerprint density at radius 3 is 2.50 bits per heavy atom. The molecule has 1 fully saturated rings. The van der Waals surface area contributed by atoms with Crippen LogP contribution in [0, 0.1) is 0 Å². The van der Waals surface area contributed by atoms with Gasteiger partial charge in [-0.05, 0) is 65.3 Å². The van der Waals surface area contributed by atoms with Gasteiger partial charge in [0.25, 0.3) is 0 Å². The molecule has 3 aromatic heterocycles. The predicted molar refractivity (Wildman–Crippen MR) is 104 cm³/mol. The number of nitrogens with zero attached hydrogens (tertiary/aromatic N) is 4. The van der Waals surface area contributed by atoms with Crippen molar-refractivity contribution in [2.75, 3.05) is 0 Å². The Kier molecular flexibility index (Phi) is 4.58. The molecule has 134 valence electrons. The number of aromatic nitrogens is 4. The second kappa shape index (κ2) is 7.02. The van der Waals surface area contributed by atoms with Crippen molar-refractivity contribution in [3.8, 4) is 5.69 Å². The Morgan fingerprint density at radius 1 is 0.962 bits per heavy atom. The molecule has 0 spiro atoms. The van der Waals surface area contributed by atoms with E-state index in [2.05, 4.69) is 54.2 Å². The van der Waals surface area contributed by atoms with Crippen molar-refractivity contribution >= 4 is 0 Å². The van der Waals surface area contributed by atoms with Crippen LogP contribution < -0.4 is 0 Å². The number of hydrogen-bond donors (Lipinski definition) is 0. The summed E-state index contributed by atoms with van der Waals surface area (Å²) in [4.78, 5) is 8.82. The van der Waals surface area contributed by atoms with Crippen LogP contribution >= 0.6 is 0 Å². The molecule has 0 aromatic carbocycles. The highest BCUT2D eigenvalue weighted by atomic mass is 15.3. The number of hydrogen-bond acceptors (Lipinski definition) is 3. The van der Waals surface area contributed by atoms with Gasteiger partial charge in [-0.25, -0.2) is 4.68 Å². The molecular formula is C22H26N4. The van der Waals surface area contributed by atoms with Crippen molar-refractivity contribution in [1.29, 1.82) is 0 Å². The van der Waals surface area contributed by atoms with Crippen molar-refractivity contribution in [1.82, 2.24) is 19.7 Å². The normalized spacial score (nSPS) is 15.4. The molecule has 26 heavy (non-hydrogen) atoms. The zero-order chi connectivity index (χ0) is 18.1. The maximum absolute atomic E-state index is 4.55. The Hall–Kier alpha value is -2.49. The van der Waals surface area contributed by atoms with E-state index in [0.29, 0.717) is 11.8 Å². The van der Waals surface area contributed by atoms with Crippen LogP contribution in [-0.4, -0.2) is 19.7 Å². The number of rotatable bonds is 6. The Bertz CT molecular complexity index is 892. The van der Waals surface area contributed by atoms with Crippen LogP contribution in [0.3, 0.4) is 0 Å². The molecule has 3 heterocycles. The maximum atomic E-state index is 4.55. The lowest BCUT2D eigenvalue weighted by atomic mass is 9.95. The highest BCUT2D eigenvalue weighted by Gasteiger charge is 2.24. The van der Waals surface area contributed by atoms with Gasteiger partial charge in [-0.15, -0.1) is 0 Å². The van der Waals surface area contributed by atoms with Crippen molar-refractivity contribution in [2.45, 2.75) is 57.8 Å². The fourth-order valence-electron chi connectivity index (χ4n) is 3.35. The predicted octanol–water partition coefficient (Wildman–Crippen LogP) is 5.01. The molecule has 0 saturated heterocycles. The van der Waals surface area contributed by atoms with E-state index in [4.69, 9.17) is 0 Å². The molecular weight excluding hydrogens is 320 g/mol. The standard InChI is InChI=1S/C22H26N4/c1-15(2)19-8-22(13-24-10-19)26-14-17(9-25-26)6-16(3)20-7-21(12-23-11-20)18-4-5-18/h7-16,18H,4-6H2,1-3H3/t16-/m1/s1. The largest absolute Gasteiger partial charge is 0.264 e. The molecule has 0 unspecified atom stereocenters. The van der Waals surface area contributed by atoms with Crippen LogP contribution in [-0.2, 0) is 6.42 Å². The summed E-state index contributed by atoms with van der Waals surface area (Å²) in [5, 5.41) is 4.55. The molecule has 1 atom stereocenters. The number of pyridine rings is 2. The lowest BCUT2D eigenvalue weighted by molar-refractivity contribution is 0.751. The van der Waals surface area contributed by atoms with E-state index in [9.17, 15) is 0 Å². The Morgan fingerprint density at radius 2 is 1.73 bits per heavy atom. The molecule has 0 N–H and O–H groups in total. The van der Waals surface area contributed by atoms with E-state index >= 15 is 0 Å². The zero-order valence-corrected chi connectivity index (χ0v) is 15.8. The zero-order valence-electron chi connectivity index (χ0n) is 15.8. The summed E-state index contributed by atoms with van der Waals surface area (Å²) < 4.78 is 1.93. The molecule has 0 aliphatic heterocycles. The van der Waals surface area contributed by atoms with E-state index in [1.165, 1.54) is 35.1 Å². The van der Waals surface area contributed by atoms with Crippen LogP contribution in [0.2, 0.25) is 0 Å². The summed E-state index contributed by atoms with van der Waals surface area (Å²) >= 11 is 0. The van der Waals surface area contributed by atoms with E-state index in [1.807, 2.05) is 35.7 Å². The summed E-state index contributed by atoms with van der Waals surface area (Å²) in [6, 6.07) is 4.51. The second-order valence-electron chi connectivity index (χ2n) is 7.86. The monoisotopic (exact) mass is 346 g/mol. The SMILES string of the molecule is CC(C)c1cncc(-n2cc(C[C@@H](C)c3cncc(C4CC4)c3)cn2)c1. The summed E-state index contributed by atoms with van der Waals surface area (Å²) in [5.41, 5.74) is 6.22. The van der Waals surface area contributed by atoms with Crippen LogP contribution in [0.5, 0.6) is 0 Å². The lowest BCUT2D eigenvalue weighted by Crippen LogP contribution is -2.00. The minimum atomic E-state index is 0.430. The van der Waals surface area contributed by atoms with Gasteiger partial charge in [0.1, 0.15) is 0 Å². The highest BCUT2D eigenvalue weighted by Crippen LogP contribution is 2.40. The summed E-state index contributed by atoms with van der Waals surface area (Å²) in [6.07, 6.45) is 15.5. The molecule has 1 aliphatic carbocycles. The first-order valence-electron chi connectivity index (χ1n) is 9.54. The van der Waals surface area contributed by atoms with Gasteiger partial charge in [-0.1, -0.05) is 26.8 Å². The third-order valence-electron chi connectivity index (χ3n) is 5.25.